The molecule has 9 N–H and O–H groups in total. The predicted octanol–water partition coefficient (Wildman–Crippen LogP) is -6.05. The number of rotatable bonds is 9. The molecule has 2 amide bonds. The summed E-state index contributed by atoms with van der Waals surface area (Å²) < 4.78 is 29.3. The number of hydrogen-bond donors (Lipinski definition) is 9. The van der Waals surface area contributed by atoms with E-state index in [1.807, 2.05) is 0 Å². The van der Waals surface area contributed by atoms with Gasteiger partial charge in [-0.3, -0.25) is 9.59 Å². The van der Waals surface area contributed by atoms with Crippen LogP contribution in [0.2, 0.25) is 0 Å². The predicted molar refractivity (Wildman–Crippen MR) is 141 cm³/mol. The lowest BCUT2D eigenvalue weighted by Crippen LogP contribution is -2.69. The van der Waals surface area contributed by atoms with E-state index < -0.39 is 123 Å². The zero-order chi connectivity index (χ0) is 31.7. The summed E-state index contributed by atoms with van der Waals surface area (Å²) in [4.78, 5) is 30.0. The summed E-state index contributed by atoms with van der Waals surface area (Å²) in [6, 6.07) is -3.21. The first-order valence-corrected chi connectivity index (χ1v) is 14.0. The van der Waals surface area contributed by atoms with Crippen molar-refractivity contribution in [1.29, 1.82) is 0 Å². The average molecular weight is 623 g/mol. The maximum Gasteiger partial charge on any atom is 0.287 e. The fourth-order valence-corrected chi connectivity index (χ4v) is 5.91. The SMILES string of the molecule is CC(=O)N[C@H]1[C@H](O[C@H]2[C@@H](O)[C@@H](NC(C)=O)[C@H](O[C@H]3[C@H](O)[C@H]4N=C(N(C)C)O[C@H]4[C@@H]3CO)O[C@@H]2CO)O[C@H](CO)[C@@H](O)[C@H]1O. The quantitative estimate of drug-likeness (QED) is 0.116. The van der Waals surface area contributed by atoms with Gasteiger partial charge in [-0.15, -0.1) is 0 Å². The molecule has 1 saturated carbocycles. The van der Waals surface area contributed by atoms with Crippen molar-refractivity contribution in [2.24, 2.45) is 10.9 Å². The molecule has 15 atom stereocenters. The van der Waals surface area contributed by atoms with E-state index in [-0.39, 0.29) is 6.02 Å². The highest BCUT2D eigenvalue weighted by Crippen LogP contribution is 2.39. The van der Waals surface area contributed by atoms with Crippen molar-refractivity contribution >= 4 is 17.8 Å². The molecule has 0 unspecified atom stereocenters. The van der Waals surface area contributed by atoms with Gasteiger partial charge in [0.05, 0.1) is 31.8 Å². The maximum atomic E-state index is 12.2. The summed E-state index contributed by atoms with van der Waals surface area (Å²) in [5.74, 6) is -1.99. The minimum atomic E-state index is -1.67. The van der Waals surface area contributed by atoms with Crippen LogP contribution in [0.3, 0.4) is 0 Å². The molecule has 3 fully saturated rings. The van der Waals surface area contributed by atoms with Crippen LogP contribution in [0.25, 0.3) is 0 Å². The Kier molecular flexibility index (Phi) is 10.8. The average Bonchev–Trinajstić information content (AvgIpc) is 3.49. The Hall–Kier alpha value is -2.23. The first kappa shape index (κ1) is 33.7. The molecule has 0 bridgehead atoms. The van der Waals surface area contributed by atoms with Gasteiger partial charge in [0, 0.05) is 27.9 Å². The molecule has 3 heterocycles. The van der Waals surface area contributed by atoms with Gasteiger partial charge in [0.25, 0.3) is 6.02 Å². The Balaban J connectivity index is 1.57. The fraction of sp³-hybridized carbons (Fsp3) is 0.880. The van der Waals surface area contributed by atoms with Crippen LogP contribution in [0.4, 0.5) is 0 Å². The van der Waals surface area contributed by atoms with Gasteiger partial charge in [0.2, 0.25) is 11.8 Å². The number of hydrogen-bond acceptors (Lipinski definition) is 16. The molecule has 0 radical (unpaired) electrons. The highest BCUT2D eigenvalue weighted by molar-refractivity contribution is 5.76. The lowest BCUT2D eigenvalue weighted by molar-refractivity contribution is -0.339. The second-order valence-electron chi connectivity index (χ2n) is 11.3. The summed E-state index contributed by atoms with van der Waals surface area (Å²) in [7, 11) is 3.42. The van der Waals surface area contributed by atoms with E-state index in [0.717, 1.165) is 6.92 Å². The number of aliphatic hydroxyl groups is 7. The van der Waals surface area contributed by atoms with E-state index in [2.05, 4.69) is 15.6 Å². The molecule has 18 nitrogen and oxygen atoms in total. The van der Waals surface area contributed by atoms with E-state index in [9.17, 15) is 45.3 Å². The number of ether oxygens (including phenoxy) is 5. The van der Waals surface area contributed by atoms with Crippen LogP contribution in [0.15, 0.2) is 4.99 Å². The number of fused-ring (bicyclic) bond motifs is 1. The fourth-order valence-electron chi connectivity index (χ4n) is 5.91. The normalized spacial score (nSPS) is 44.3. The number of nitrogens with zero attached hydrogens (tertiary/aromatic N) is 2. The van der Waals surface area contributed by atoms with Gasteiger partial charge in [0.1, 0.15) is 67.0 Å². The lowest BCUT2D eigenvalue weighted by atomic mass is 9.94. The number of carbonyl (C=O) groups is 2. The van der Waals surface area contributed by atoms with Crippen LogP contribution in [-0.2, 0) is 33.3 Å². The zero-order valence-corrected chi connectivity index (χ0v) is 24.2. The van der Waals surface area contributed by atoms with Crippen molar-refractivity contribution in [3.05, 3.63) is 0 Å². The molecule has 4 aliphatic rings. The smallest absolute Gasteiger partial charge is 0.287 e. The molecule has 1 aliphatic carbocycles. The largest absolute Gasteiger partial charge is 0.459 e. The van der Waals surface area contributed by atoms with Crippen LogP contribution in [-0.4, -0.2) is 178 Å². The number of carbonyl (C=O) groups excluding carboxylic acids is 2. The molecule has 246 valence electrons. The molecule has 43 heavy (non-hydrogen) atoms. The summed E-state index contributed by atoms with van der Waals surface area (Å²) in [6.07, 6.45) is -15.2. The molecular formula is C25H42N4O14. The van der Waals surface area contributed by atoms with Gasteiger partial charge in [-0.25, -0.2) is 4.99 Å². The monoisotopic (exact) mass is 622 g/mol. The second-order valence-corrected chi connectivity index (χ2v) is 11.3. The first-order chi connectivity index (χ1) is 20.3. The number of aliphatic imine (C=N–C) groups is 1. The van der Waals surface area contributed by atoms with Crippen molar-refractivity contribution in [3.8, 4) is 0 Å². The van der Waals surface area contributed by atoms with Crippen molar-refractivity contribution in [1.82, 2.24) is 15.5 Å². The van der Waals surface area contributed by atoms with Crippen LogP contribution < -0.4 is 10.6 Å². The van der Waals surface area contributed by atoms with Gasteiger partial charge >= 0.3 is 0 Å². The van der Waals surface area contributed by atoms with Gasteiger partial charge in [-0.2, -0.15) is 0 Å². The molecular weight excluding hydrogens is 580 g/mol. The molecule has 2 saturated heterocycles. The highest BCUT2D eigenvalue weighted by Gasteiger charge is 2.58. The van der Waals surface area contributed by atoms with E-state index >= 15 is 0 Å². The number of amidine groups is 1. The minimum absolute atomic E-state index is 0.273. The third-order valence-electron chi connectivity index (χ3n) is 8.02. The Morgan fingerprint density at radius 1 is 0.791 bits per heavy atom. The van der Waals surface area contributed by atoms with E-state index in [1.165, 1.54) is 6.92 Å². The molecule has 0 spiro atoms. The molecule has 0 aromatic heterocycles. The standard InChI is InChI=1S/C25H42N4O14/c1-8(33)26-14-17(36)16(35)11(6-31)39-23(14)42-22-12(7-32)40-24(15(19(22)38)27-9(2)34)41-21-10(5-30)20-13(18(21)37)28-25(43-20)29(3)4/h10-24,30-32,35-38H,5-7H2,1-4H3,(H,26,33)(H,27,34)/t10-,11+,12+,13+,14+,15+,16+,17-,18+,19-,20-,21+,22+,23-,24-/m0/s1. The number of nitrogens with one attached hydrogen (secondary N) is 2. The van der Waals surface area contributed by atoms with E-state index in [4.69, 9.17) is 23.7 Å². The number of aliphatic hydroxyl groups excluding tert-OH is 7. The van der Waals surface area contributed by atoms with Crippen LogP contribution >= 0.6 is 0 Å². The maximum absolute atomic E-state index is 12.2. The van der Waals surface area contributed by atoms with Crippen molar-refractivity contribution in [2.75, 3.05) is 33.9 Å². The van der Waals surface area contributed by atoms with Gasteiger partial charge in [-0.05, 0) is 0 Å². The van der Waals surface area contributed by atoms with Crippen LogP contribution in [0, 0.1) is 5.92 Å². The van der Waals surface area contributed by atoms with Crippen LogP contribution in [0.5, 0.6) is 0 Å². The third kappa shape index (κ3) is 6.74. The zero-order valence-electron chi connectivity index (χ0n) is 24.2. The molecule has 0 aromatic carbocycles. The summed E-state index contributed by atoms with van der Waals surface area (Å²) in [5.41, 5.74) is 0. The first-order valence-electron chi connectivity index (χ1n) is 14.0. The van der Waals surface area contributed by atoms with Gasteiger partial charge in [-0.1, -0.05) is 0 Å². The van der Waals surface area contributed by atoms with Gasteiger partial charge < -0.3 is 75.0 Å². The Labute approximate surface area is 247 Å². The Morgan fingerprint density at radius 3 is 1.84 bits per heavy atom. The second kappa shape index (κ2) is 13.8. The van der Waals surface area contributed by atoms with Crippen molar-refractivity contribution < 1.29 is 69.0 Å². The summed E-state index contributed by atoms with van der Waals surface area (Å²) >= 11 is 0. The third-order valence-corrected chi connectivity index (χ3v) is 8.02. The Morgan fingerprint density at radius 2 is 1.33 bits per heavy atom. The van der Waals surface area contributed by atoms with Crippen LogP contribution in [0.1, 0.15) is 13.8 Å². The van der Waals surface area contributed by atoms with E-state index in [1.54, 1.807) is 19.0 Å². The van der Waals surface area contributed by atoms with Crippen molar-refractivity contribution in [3.63, 3.8) is 0 Å². The summed E-state index contributed by atoms with van der Waals surface area (Å²) in [6.45, 7) is 0.403. The summed E-state index contributed by atoms with van der Waals surface area (Å²) in [5, 5.41) is 78.3. The van der Waals surface area contributed by atoms with E-state index in [0.29, 0.717) is 0 Å². The highest BCUT2D eigenvalue weighted by atomic mass is 16.7. The number of amides is 2. The minimum Gasteiger partial charge on any atom is -0.459 e. The lowest BCUT2D eigenvalue weighted by Gasteiger charge is -2.48. The topological polar surface area (TPSA) is 262 Å². The Bertz CT molecular complexity index is 1020. The van der Waals surface area contributed by atoms with Gasteiger partial charge in [0.15, 0.2) is 12.6 Å². The van der Waals surface area contributed by atoms with Crippen molar-refractivity contribution in [2.45, 2.75) is 99.5 Å². The molecule has 0 aromatic rings. The molecule has 4 rings (SSSR count). The molecule has 18 heteroatoms. The molecule has 3 aliphatic heterocycles.